The Morgan fingerprint density at radius 2 is 1.88 bits per heavy atom. The molecule has 3 aliphatic rings. The molecule has 8 nitrogen and oxygen atoms in total. The van der Waals surface area contributed by atoms with Crippen molar-refractivity contribution in [1.29, 1.82) is 0 Å². The Morgan fingerprint density at radius 1 is 1.07 bits per heavy atom. The summed E-state index contributed by atoms with van der Waals surface area (Å²) in [5.74, 6) is -1.08. The van der Waals surface area contributed by atoms with Gasteiger partial charge < -0.3 is 29.9 Å². The molecule has 0 spiro atoms. The van der Waals surface area contributed by atoms with Crippen molar-refractivity contribution in [2.24, 2.45) is 17.8 Å². The van der Waals surface area contributed by atoms with Crippen LogP contribution in [0.4, 0.5) is 5.69 Å². The van der Waals surface area contributed by atoms with Crippen molar-refractivity contribution in [3.63, 3.8) is 0 Å². The number of aliphatic carboxylic acids is 1. The molecule has 1 amide bonds. The summed E-state index contributed by atoms with van der Waals surface area (Å²) in [4.78, 5) is 29.4. The van der Waals surface area contributed by atoms with Crippen LogP contribution in [0.25, 0.3) is 0 Å². The average molecular weight is 597 g/mol. The second-order valence-electron chi connectivity index (χ2n) is 12.3. The molecule has 0 aromatic heterocycles. The molecule has 5 atom stereocenters. The molecule has 2 heterocycles. The molecular formula is C33H41ClN2O6. The second kappa shape index (κ2) is 12.7. The number of anilines is 1. The number of amides is 1. The Labute approximate surface area is 252 Å². The molecule has 5 rings (SSSR count). The molecule has 226 valence electrons. The van der Waals surface area contributed by atoms with E-state index in [1.807, 2.05) is 37.3 Å². The first-order valence-corrected chi connectivity index (χ1v) is 15.3. The monoisotopic (exact) mass is 596 g/mol. The molecule has 1 aliphatic carbocycles. The van der Waals surface area contributed by atoms with E-state index in [0.29, 0.717) is 42.7 Å². The van der Waals surface area contributed by atoms with E-state index in [1.54, 1.807) is 25.2 Å². The molecular weight excluding hydrogens is 556 g/mol. The number of carboxylic acid groups (broad SMARTS) is 1. The summed E-state index contributed by atoms with van der Waals surface area (Å²) in [5, 5.41) is 33.5. The maximum absolute atomic E-state index is 13.2. The van der Waals surface area contributed by atoms with Gasteiger partial charge in [0.05, 0.1) is 18.2 Å². The largest absolute Gasteiger partial charge is 0.487 e. The Kier molecular flexibility index (Phi) is 9.16. The van der Waals surface area contributed by atoms with Crippen molar-refractivity contribution in [3.05, 3.63) is 70.3 Å². The van der Waals surface area contributed by atoms with Crippen molar-refractivity contribution >= 4 is 29.2 Å². The number of hydrogen-bond acceptors (Lipinski definition) is 6. The van der Waals surface area contributed by atoms with Crippen LogP contribution in [0.3, 0.4) is 0 Å². The number of benzene rings is 2. The van der Waals surface area contributed by atoms with E-state index >= 15 is 0 Å². The van der Waals surface area contributed by atoms with E-state index in [0.717, 1.165) is 43.2 Å². The van der Waals surface area contributed by atoms with Gasteiger partial charge in [-0.25, -0.2) is 4.79 Å². The van der Waals surface area contributed by atoms with Gasteiger partial charge >= 0.3 is 5.97 Å². The average Bonchev–Trinajstić information content (AvgIpc) is 2.96. The number of rotatable bonds is 1. The fourth-order valence-electron chi connectivity index (χ4n) is 6.45. The second-order valence-corrected chi connectivity index (χ2v) is 12.7. The number of ether oxygens (including phenoxy) is 1. The number of carbonyl (C=O) groups excluding carboxylic acids is 1. The van der Waals surface area contributed by atoms with Gasteiger partial charge in [-0.05, 0) is 90.8 Å². The normalized spacial score (nSPS) is 29.7. The summed E-state index contributed by atoms with van der Waals surface area (Å²) in [6, 6.07) is 10.7. The number of aliphatic hydroxyl groups excluding tert-OH is 1. The third-order valence-corrected chi connectivity index (χ3v) is 9.44. The Balaban J connectivity index is 1.59. The van der Waals surface area contributed by atoms with E-state index in [9.17, 15) is 24.9 Å². The van der Waals surface area contributed by atoms with Crippen LogP contribution < -0.4 is 9.64 Å². The Bertz CT molecular complexity index is 1350. The lowest BCUT2D eigenvalue weighted by Gasteiger charge is -2.43. The van der Waals surface area contributed by atoms with Gasteiger partial charge in [-0.15, -0.1) is 0 Å². The standard InChI is InChI=1S/C33H41ClN2O6/c1-21-6-12-29(37)27-11-8-23(27)19-36-14-4-3-5-22-15-26(34)10-7-24(22)20-42-30-13-9-25(16-28(30)36)33(41,32(39)40)17-31(38)35(2)18-21/h6-7,9-10,12-13,15-16,21,23,27,29,37,41H,3-5,8,11,14,17-20H2,1-2H3,(H,39,40)/b12-6+/t21?,23-,27+,29?,33-/m0/s1. The quantitative estimate of drug-likeness (QED) is 0.407. The minimum atomic E-state index is -2.41. The number of carboxylic acids is 1. The first-order valence-electron chi connectivity index (χ1n) is 14.9. The van der Waals surface area contributed by atoms with Crippen LogP contribution in [0.15, 0.2) is 48.6 Å². The molecule has 9 heteroatoms. The van der Waals surface area contributed by atoms with Crippen LogP contribution in [0.1, 0.15) is 55.7 Å². The zero-order valence-electron chi connectivity index (χ0n) is 24.3. The number of fused-ring (bicyclic) bond motifs is 3. The highest BCUT2D eigenvalue weighted by molar-refractivity contribution is 6.30. The van der Waals surface area contributed by atoms with E-state index < -0.39 is 30.0 Å². The van der Waals surface area contributed by atoms with Gasteiger partial charge in [0.2, 0.25) is 5.91 Å². The Hall–Kier alpha value is -3.07. The number of nitrogens with zero attached hydrogens (tertiary/aromatic N) is 2. The third kappa shape index (κ3) is 6.46. The van der Waals surface area contributed by atoms with E-state index in [1.165, 1.54) is 4.90 Å². The molecule has 0 radical (unpaired) electrons. The van der Waals surface area contributed by atoms with Crippen molar-refractivity contribution in [2.75, 3.05) is 31.6 Å². The van der Waals surface area contributed by atoms with Gasteiger partial charge in [-0.3, -0.25) is 4.79 Å². The predicted octanol–water partition coefficient (Wildman–Crippen LogP) is 4.78. The fraction of sp³-hybridized carbons (Fsp3) is 0.515. The molecule has 2 aromatic rings. The van der Waals surface area contributed by atoms with Crippen LogP contribution in [0, 0.1) is 17.8 Å². The number of carbonyl (C=O) groups is 2. The van der Waals surface area contributed by atoms with Crippen LogP contribution in [-0.4, -0.2) is 64.9 Å². The molecule has 2 aliphatic heterocycles. The van der Waals surface area contributed by atoms with Crippen molar-refractivity contribution in [2.45, 2.75) is 63.8 Å². The first kappa shape index (κ1) is 30.4. The SMILES string of the molecule is CC1/C=C/C(O)[C@@H]2CC[C@H]2CN2CCCCc3cc(Cl)ccc3COc3ccc(cc32)[C@](O)(C(=O)O)CC(=O)N(C)C1. The summed E-state index contributed by atoms with van der Waals surface area (Å²) in [7, 11) is 1.60. The highest BCUT2D eigenvalue weighted by Crippen LogP contribution is 2.42. The van der Waals surface area contributed by atoms with Gasteiger partial charge in [0.1, 0.15) is 12.4 Å². The minimum Gasteiger partial charge on any atom is -0.487 e. The topological polar surface area (TPSA) is 111 Å². The lowest BCUT2D eigenvalue weighted by atomic mass is 9.70. The number of halogens is 1. The summed E-state index contributed by atoms with van der Waals surface area (Å²) >= 11 is 6.30. The zero-order valence-corrected chi connectivity index (χ0v) is 25.1. The molecule has 3 N–H and O–H groups in total. The minimum absolute atomic E-state index is 0.0500. The Morgan fingerprint density at radius 3 is 2.62 bits per heavy atom. The van der Waals surface area contributed by atoms with Crippen molar-refractivity contribution < 1.29 is 29.6 Å². The maximum atomic E-state index is 13.2. The molecule has 42 heavy (non-hydrogen) atoms. The molecule has 2 bridgehead atoms. The molecule has 2 aromatic carbocycles. The van der Waals surface area contributed by atoms with Gasteiger partial charge in [-0.2, -0.15) is 0 Å². The maximum Gasteiger partial charge on any atom is 0.340 e. The van der Waals surface area contributed by atoms with Crippen molar-refractivity contribution in [3.8, 4) is 5.75 Å². The number of aliphatic hydroxyl groups is 2. The summed E-state index contributed by atoms with van der Waals surface area (Å²) in [6.45, 7) is 3.95. The fourth-order valence-corrected chi connectivity index (χ4v) is 6.64. The number of hydrogen-bond donors (Lipinski definition) is 3. The van der Waals surface area contributed by atoms with Crippen LogP contribution in [0.5, 0.6) is 5.75 Å². The first-order chi connectivity index (χ1) is 20.0. The lowest BCUT2D eigenvalue weighted by molar-refractivity contribution is -0.164. The number of aryl methyl sites for hydroxylation is 1. The van der Waals surface area contributed by atoms with Crippen LogP contribution >= 0.6 is 11.6 Å². The zero-order chi connectivity index (χ0) is 30.0. The van der Waals surface area contributed by atoms with Gasteiger partial charge in [0.25, 0.3) is 0 Å². The van der Waals surface area contributed by atoms with E-state index in [-0.39, 0.29) is 23.3 Å². The van der Waals surface area contributed by atoms with Crippen LogP contribution in [0.2, 0.25) is 5.02 Å². The van der Waals surface area contributed by atoms with Gasteiger partial charge in [0.15, 0.2) is 5.60 Å². The highest BCUT2D eigenvalue weighted by atomic mass is 35.5. The highest BCUT2D eigenvalue weighted by Gasteiger charge is 2.43. The summed E-state index contributed by atoms with van der Waals surface area (Å²) in [6.07, 6.45) is 7.15. The molecule has 1 fully saturated rings. The van der Waals surface area contributed by atoms with Crippen molar-refractivity contribution in [1.82, 2.24) is 4.90 Å². The molecule has 2 unspecified atom stereocenters. The third-order valence-electron chi connectivity index (χ3n) is 9.21. The van der Waals surface area contributed by atoms with E-state index in [2.05, 4.69) is 4.90 Å². The molecule has 0 saturated heterocycles. The smallest absolute Gasteiger partial charge is 0.340 e. The predicted molar refractivity (Wildman–Crippen MR) is 162 cm³/mol. The lowest BCUT2D eigenvalue weighted by Crippen LogP contribution is -2.44. The van der Waals surface area contributed by atoms with E-state index in [4.69, 9.17) is 16.3 Å². The van der Waals surface area contributed by atoms with Gasteiger partial charge in [0, 0.05) is 31.7 Å². The summed E-state index contributed by atoms with van der Waals surface area (Å²) < 4.78 is 6.38. The van der Waals surface area contributed by atoms with Crippen LogP contribution in [-0.2, 0) is 28.2 Å². The summed E-state index contributed by atoms with van der Waals surface area (Å²) in [5.41, 5.74) is 0.590. The molecule has 1 saturated carbocycles. The van der Waals surface area contributed by atoms with Gasteiger partial charge in [-0.1, -0.05) is 42.8 Å².